The molecule has 6 nitrogen and oxygen atoms in total. The van der Waals surface area contributed by atoms with E-state index in [0.29, 0.717) is 10.4 Å². The summed E-state index contributed by atoms with van der Waals surface area (Å²) in [6.45, 7) is 1.58. The molecule has 22 heavy (non-hydrogen) atoms. The molecule has 116 valence electrons. The van der Waals surface area contributed by atoms with Gasteiger partial charge in [-0.15, -0.1) is 0 Å². The number of hydrazine groups is 1. The number of hydrogen-bond acceptors (Lipinski definition) is 4. The van der Waals surface area contributed by atoms with E-state index in [4.69, 9.17) is 9.15 Å². The van der Waals surface area contributed by atoms with Gasteiger partial charge in [-0.05, 0) is 53.2 Å². The van der Waals surface area contributed by atoms with Crippen LogP contribution in [-0.2, 0) is 4.79 Å². The highest BCUT2D eigenvalue weighted by Crippen LogP contribution is 2.18. The van der Waals surface area contributed by atoms with E-state index in [-0.39, 0.29) is 5.76 Å². The van der Waals surface area contributed by atoms with Crippen LogP contribution < -0.4 is 15.6 Å². The Balaban J connectivity index is 1.85. The van der Waals surface area contributed by atoms with Gasteiger partial charge in [-0.1, -0.05) is 22.0 Å². The van der Waals surface area contributed by atoms with Gasteiger partial charge in [0.2, 0.25) is 0 Å². The third kappa shape index (κ3) is 4.60. The molecular weight excluding hydrogens is 420 g/mol. The molecule has 0 aliphatic carbocycles. The fourth-order valence-electron chi connectivity index (χ4n) is 1.52. The molecule has 0 saturated carbocycles. The molecule has 0 aliphatic rings. The van der Waals surface area contributed by atoms with Gasteiger partial charge in [0.05, 0.1) is 0 Å². The van der Waals surface area contributed by atoms with Crippen molar-refractivity contribution in [2.45, 2.75) is 13.0 Å². The van der Waals surface area contributed by atoms with Gasteiger partial charge in [-0.2, -0.15) is 0 Å². The first kappa shape index (κ1) is 16.6. The van der Waals surface area contributed by atoms with Crippen LogP contribution in [0, 0.1) is 0 Å². The number of furan rings is 1. The summed E-state index contributed by atoms with van der Waals surface area (Å²) in [5.74, 6) is -0.432. The average Bonchev–Trinajstić information content (AvgIpc) is 2.91. The lowest BCUT2D eigenvalue weighted by Crippen LogP contribution is -2.47. The van der Waals surface area contributed by atoms with Crippen molar-refractivity contribution < 1.29 is 18.7 Å². The summed E-state index contributed by atoms with van der Waals surface area (Å²) in [7, 11) is 0. The van der Waals surface area contributed by atoms with Crippen LogP contribution >= 0.6 is 31.9 Å². The summed E-state index contributed by atoms with van der Waals surface area (Å²) in [5, 5.41) is 0. The molecule has 2 aromatic rings. The third-order valence-electron chi connectivity index (χ3n) is 2.57. The van der Waals surface area contributed by atoms with E-state index in [1.165, 1.54) is 6.07 Å². The number of halogens is 2. The van der Waals surface area contributed by atoms with E-state index < -0.39 is 17.9 Å². The standard InChI is InChI=1S/C14H12Br2N2O4/c1-8(21-10-4-2-3-9(15)7-10)13(19)17-18-14(20)11-5-6-12(16)22-11/h2-8H,1H3,(H,17,19)(H,18,20). The Morgan fingerprint density at radius 3 is 2.59 bits per heavy atom. The van der Waals surface area contributed by atoms with Crippen molar-refractivity contribution in [1.29, 1.82) is 0 Å². The van der Waals surface area contributed by atoms with Crippen molar-refractivity contribution in [1.82, 2.24) is 10.9 Å². The maximum atomic E-state index is 11.9. The molecule has 0 saturated heterocycles. The molecule has 1 aromatic carbocycles. The van der Waals surface area contributed by atoms with Crippen molar-refractivity contribution >= 4 is 43.7 Å². The van der Waals surface area contributed by atoms with Crippen LogP contribution in [0.1, 0.15) is 17.5 Å². The topological polar surface area (TPSA) is 80.6 Å². The molecular formula is C14H12Br2N2O4. The highest BCUT2D eigenvalue weighted by Gasteiger charge is 2.17. The number of carbonyl (C=O) groups excluding carboxylic acids is 2. The third-order valence-corrected chi connectivity index (χ3v) is 3.49. The summed E-state index contributed by atoms with van der Waals surface area (Å²) >= 11 is 6.40. The first-order valence-electron chi connectivity index (χ1n) is 6.23. The first-order valence-corrected chi connectivity index (χ1v) is 7.82. The number of amides is 2. The normalized spacial score (nSPS) is 11.6. The number of rotatable bonds is 4. The van der Waals surface area contributed by atoms with Gasteiger partial charge in [-0.25, -0.2) is 0 Å². The van der Waals surface area contributed by atoms with Crippen molar-refractivity contribution in [3.8, 4) is 5.75 Å². The number of carbonyl (C=O) groups is 2. The molecule has 1 atom stereocenters. The van der Waals surface area contributed by atoms with Crippen molar-refractivity contribution in [3.05, 3.63) is 51.3 Å². The molecule has 2 amide bonds. The molecule has 8 heteroatoms. The van der Waals surface area contributed by atoms with Gasteiger partial charge >= 0.3 is 5.91 Å². The maximum Gasteiger partial charge on any atom is 0.305 e. The van der Waals surface area contributed by atoms with Crippen LogP contribution in [0.15, 0.2) is 50.0 Å². The predicted molar refractivity (Wildman–Crippen MR) is 86.2 cm³/mol. The number of ether oxygens (including phenoxy) is 1. The largest absolute Gasteiger partial charge is 0.481 e. The summed E-state index contributed by atoms with van der Waals surface area (Å²) in [6.07, 6.45) is -0.780. The highest BCUT2D eigenvalue weighted by atomic mass is 79.9. The van der Waals surface area contributed by atoms with E-state index in [1.807, 2.05) is 6.07 Å². The number of benzene rings is 1. The summed E-state index contributed by atoms with van der Waals surface area (Å²) in [4.78, 5) is 23.6. The van der Waals surface area contributed by atoms with Crippen LogP contribution in [0.4, 0.5) is 0 Å². The zero-order valence-electron chi connectivity index (χ0n) is 11.4. The van der Waals surface area contributed by atoms with Gasteiger partial charge in [0.15, 0.2) is 16.5 Å². The van der Waals surface area contributed by atoms with Crippen LogP contribution in [0.3, 0.4) is 0 Å². The molecule has 1 heterocycles. The van der Waals surface area contributed by atoms with Crippen LogP contribution in [-0.4, -0.2) is 17.9 Å². The molecule has 2 rings (SSSR count). The second-order valence-corrected chi connectivity index (χ2v) is 5.96. The van der Waals surface area contributed by atoms with Gasteiger partial charge in [-0.3, -0.25) is 20.4 Å². The second kappa shape index (κ2) is 7.46. The zero-order chi connectivity index (χ0) is 16.1. The fourth-order valence-corrected chi connectivity index (χ4v) is 2.20. The Kier molecular flexibility index (Phi) is 5.62. The number of nitrogens with one attached hydrogen (secondary N) is 2. The molecule has 1 aromatic heterocycles. The highest BCUT2D eigenvalue weighted by molar-refractivity contribution is 9.10. The smallest absolute Gasteiger partial charge is 0.305 e. The monoisotopic (exact) mass is 430 g/mol. The lowest BCUT2D eigenvalue weighted by atomic mass is 10.3. The fraction of sp³-hybridized carbons (Fsp3) is 0.143. The van der Waals surface area contributed by atoms with E-state index in [2.05, 4.69) is 42.7 Å². The van der Waals surface area contributed by atoms with Gasteiger partial charge in [0, 0.05) is 4.47 Å². The average molecular weight is 432 g/mol. The SMILES string of the molecule is CC(Oc1cccc(Br)c1)C(=O)NNC(=O)c1ccc(Br)o1. The Morgan fingerprint density at radius 2 is 1.95 bits per heavy atom. The van der Waals surface area contributed by atoms with Crippen LogP contribution in [0.25, 0.3) is 0 Å². The summed E-state index contributed by atoms with van der Waals surface area (Å²) in [6, 6.07) is 10.2. The molecule has 0 radical (unpaired) electrons. The molecule has 2 N–H and O–H groups in total. The quantitative estimate of drug-likeness (QED) is 0.729. The van der Waals surface area contributed by atoms with Crippen LogP contribution in [0.2, 0.25) is 0 Å². The maximum absolute atomic E-state index is 11.9. The van der Waals surface area contributed by atoms with Crippen molar-refractivity contribution in [2.75, 3.05) is 0 Å². The van der Waals surface area contributed by atoms with Crippen molar-refractivity contribution in [3.63, 3.8) is 0 Å². The Hall–Kier alpha value is -1.80. The minimum atomic E-state index is -0.780. The van der Waals surface area contributed by atoms with E-state index in [9.17, 15) is 9.59 Å². The summed E-state index contributed by atoms with van der Waals surface area (Å²) < 4.78 is 11.8. The predicted octanol–water partition coefficient (Wildman–Crippen LogP) is 3.03. The van der Waals surface area contributed by atoms with Gasteiger partial charge in [0.1, 0.15) is 5.75 Å². The van der Waals surface area contributed by atoms with Crippen molar-refractivity contribution in [2.24, 2.45) is 0 Å². The zero-order valence-corrected chi connectivity index (χ0v) is 14.6. The van der Waals surface area contributed by atoms with Crippen LogP contribution in [0.5, 0.6) is 5.75 Å². The summed E-state index contributed by atoms with van der Waals surface area (Å²) in [5.41, 5.74) is 4.52. The van der Waals surface area contributed by atoms with E-state index >= 15 is 0 Å². The Bertz CT molecular complexity index is 687. The first-order chi connectivity index (χ1) is 10.5. The van der Waals surface area contributed by atoms with E-state index in [0.717, 1.165) is 4.47 Å². The molecule has 0 spiro atoms. The second-order valence-electron chi connectivity index (χ2n) is 4.26. The minimum absolute atomic E-state index is 0.0766. The van der Waals surface area contributed by atoms with Gasteiger partial charge < -0.3 is 9.15 Å². The molecule has 1 unspecified atom stereocenters. The molecule has 0 bridgehead atoms. The number of hydrogen-bond donors (Lipinski definition) is 2. The molecule has 0 fully saturated rings. The molecule has 0 aliphatic heterocycles. The lowest BCUT2D eigenvalue weighted by molar-refractivity contribution is -0.128. The lowest BCUT2D eigenvalue weighted by Gasteiger charge is -2.15. The Labute approximate surface area is 143 Å². The van der Waals surface area contributed by atoms with Gasteiger partial charge in [0.25, 0.3) is 5.91 Å². The van der Waals surface area contributed by atoms with E-state index in [1.54, 1.807) is 31.2 Å². The minimum Gasteiger partial charge on any atom is -0.481 e. The Morgan fingerprint density at radius 1 is 1.18 bits per heavy atom.